The molecule has 2 heterocycles. The van der Waals surface area contributed by atoms with E-state index in [9.17, 15) is 4.79 Å². The maximum Gasteiger partial charge on any atom is 0.211 e. The van der Waals surface area contributed by atoms with Crippen LogP contribution in [0.4, 0.5) is 0 Å². The summed E-state index contributed by atoms with van der Waals surface area (Å²) in [6.07, 6.45) is 3.79. The number of ketones is 1. The van der Waals surface area contributed by atoms with Crippen LogP contribution in [0.25, 0.3) is 0 Å². The van der Waals surface area contributed by atoms with Gasteiger partial charge in [0.25, 0.3) is 0 Å². The summed E-state index contributed by atoms with van der Waals surface area (Å²) in [6, 6.07) is 0. The van der Waals surface area contributed by atoms with E-state index in [1.807, 2.05) is 6.92 Å². The molecule has 0 radical (unpaired) electrons. The van der Waals surface area contributed by atoms with Crippen LogP contribution in [0.15, 0.2) is 24.3 Å². The number of carbonyl (C=O) groups is 1. The topological polar surface area (TPSA) is 26.3 Å². The van der Waals surface area contributed by atoms with Crippen molar-refractivity contribution in [2.24, 2.45) is 0 Å². The van der Waals surface area contributed by atoms with E-state index < -0.39 is 26.2 Å². The third-order valence-corrected chi connectivity index (χ3v) is 5.25. The van der Waals surface area contributed by atoms with Crippen molar-refractivity contribution in [1.82, 2.24) is 0 Å². The number of fused-ring (bicyclic) bond motifs is 2. The zero-order valence-electron chi connectivity index (χ0n) is 9.68. The van der Waals surface area contributed by atoms with Gasteiger partial charge in [0.15, 0.2) is 0 Å². The Balaban J connectivity index is 2.52. The fraction of sp³-hybridized carbons (Fsp3) is 0.583. The van der Waals surface area contributed by atoms with E-state index in [1.165, 1.54) is 0 Å². The first-order chi connectivity index (χ1) is 8.20. The highest BCUT2D eigenvalue weighted by Gasteiger charge is 2.70. The quantitative estimate of drug-likeness (QED) is 0.578. The van der Waals surface area contributed by atoms with Crippen LogP contribution in [0, 0.1) is 0 Å². The predicted molar refractivity (Wildman–Crippen MR) is 74.7 cm³/mol. The normalized spacial score (nSPS) is 36.4. The Labute approximate surface area is 126 Å². The molecule has 0 N–H and O–H groups in total. The average Bonchev–Trinajstić information content (AvgIpc) is 2.62. The van der Waals surface area contributed by atoms with Gasteiger partial charge < -0.3 is 4.74 Å². The molecule has 100 valence electrons. The summed E-state index contributed by atoms with van der Waals surface area (Å²) >= 11 is 24.5. The van der Waals surface area contributed by atoms with Crippen molar-refractivity contribution in [3.8, 4) is 0 Å². The molecular formula is C12H12Cl4O2. The van der Waals surface area contributed by atoms with Crippen LogP contribution in [0.1, 0.15) is 19.8 Å². The molecule has 1 saturated heterocycles. The van der Waals surface area contributed by atoms with Crippen LogP contribution in [-0.2, 0) is 9.53 Å². The number of ether oxygens (including phenoxy) is 1. The number of hydrogen-bond donors (Lipinski definition) is 0. The Morgan fingerprint density at radius 2 is 2.06 bits per heavy atom. The Morgan fingerprint density at radius 1 is 1.44 bits per heavy atom. The highest BCUT2D eigenvalue weighted by atomic mass is 35.5. The second-order valence-corrected chi connectivity index (χ2v) is 7.28. The van der Waals surface area contributed by atoms with Crippen molar-refractivity contribution in [2.75, 3.05) is 0 Å². The van der Waals surface area contributed by atoms with E-state index in [2.05, 4.69) is 6.58 Å². The molecule has 6 heteroatoms. The van der Waals surface area contributed by atoms with Crippen molar-refractivity contribution in [2.45, 2.75) is 40.1 Å². The van der Waals surface area contributed by atoms with E-state index in [4.69, 9.17) is 51.1 Å². The molecule has 0 amide bonds. The van der Waals surface area contributed by atoms with Crippen LogP contribution < -0.4 is 0 Å². The summed E-state index contributed by atoms with van der Waals surface area (Å²) in [5.74, 6) is -0.630. The molecule has 2 nitrogen and oxygen atoms in total. The van der Waals surface area contributed by atoms with Gasteiger partial charge in [-0.25, -0.2) is 0 Å². The standard InChI is InChI=1S/C12H12Cl4O2/c1-3-4-5-10-7(2)6-8(18-10)11(13,14)9(17)12(10,15)16/h3,6,8H,1,4-5H2,2H3/t8-,10+/m0/s1. The lowest BCUT2D eigenvalue weighted by molar-refractivity contribution is -0.142. The zero-order chi connectivity index (χ0) is 13.8. The molecule has 18 heavy (non-hydrogen) atoms. The number of hydrogen-bond acceptors (Lipinski definition) is 2. The lowest BCUT2D eigenvalue weighted by atomic mass is 9.84. The zero-order valence-corrected chi connectivity index (χ0v) is 12.7. The van der Waals surface area contributed by atoms with Crippen LogP contribution in [-0.4, -0.2) is 26.2 Å². The Morgan fingerprint density at radius 3 is 2.61 bits per heavy atom. The molecule has 0 unspecified atom stereocenters. The largest absolute Gasteiger partial charge is 0.356 e. The van der Waals surface area contributed by atoms with Gasteiger partial charge in [-0.3, -0.25) is 4.79 Å². The second-order valence-electron chi connectivity index (χ2n) is 4.57. The van der Waals surface area contributed by atoms with Gasteiger partial charge in [-0.15, -0.1) is 6.58 Å². The predicted octanol–water partition coefficient (Wildman–Crippen LogP) is 3.97. The number of rotatable bonds is 3. The number of allylic oxidation sites excluding steroid dienone is 1. The first kappa shape index (κ1) is 14.7. The molecule has 2 atom stereocenters. The highest BCUT2D eigenvalue weighted by molar-refractivity contribution is 6.70. The number of carbonyl (C=O) groups excluding carboxylic acids is 1. The van der Waals surface area contributed by atoms with Gasteiger partial charge in [0.2, 0.25) is 14.4 Å². The van der Waals surface area contributed by atoms with Crippen molar-refractivity contribution in [1.29, 1.82) is 0 Å². The SMILES string of the molecule is C=CCC[C@@]12O[C@@H](C=C1C)C(Cl)(Cl)C(=O)C2(Cl)Cl. The Kier molecular flexibility index (Phi) is 3.58. The van der Waals surface area contributed by atoms with Crippen LogP contribution in [0.3, 0.4) is 0 Å². The van der Waals surface area contributed by atoms with Crippen LogP contribution >= 0.6 is 46.4 Å². The van der Waals surface area contributed by atoms with Crippen molar-refractivity contribution in [3.05, 3.63) is 24.3 Å². The molecule has 0 saturated carbocycles. The first-order valence-electron chi connectivity index (χ1n) is 5.48. The van der Waals surface area contributed by atoms with E-state index in [0.717, 1.165) is 5.57 Å². The number of Topliss-reactive ketones (excluding diaryl/α,β-unsaturated/α-hetero) is 1. The van der Waals surface area contributed by atoms with Gasteiger partial charge in [-0.05, 0) is 25.3 Å². The maximum atomic E-state index is 12.3. The third kappa shape index (κ3) is 1.70. The van der Waals surface area contributed by atoms with Crippen molar-refractivity contribution in [3.63, 3.8) is 0 Å². The molecule has 2 aliphatic rings. The molecule has 0 aliphatic carbocycles. The minimum Gasteiger partial charge on any atom is -0.356 e. The molecule has 2 bridgehead atoms. The summed E-state index contributed by atoms with van der Waals surface area (Å²) in [4.78, 5) is 12.3. The monoisotopic (exact) mass is 328 g/mol. The maximum absolute atomic E-state index is 12.3. The summed E-state index contributed by atoms with van der Waals surface area (Å²) in [5.41, 5.74) is -0.296. The van der Waals surface area contributed by atoms with E-state index in [1.54, 1.807) is 12.2 Å². The summed E-state index contributed by atoms with van der Waals surface area (Å²) < 4.78 is 2.26. The molecule has 0 aromatic carbocycles. The summed E-state index contributed by atoms with van der Waals surface area (Å²) in [5, 5.41) is 0. The van der Waals surface area contributed by atoms with Gasteiger partial charge >= 0.3 is 0 Å². The first-order valence-corrected chi connectivity index (χ1v) is 6.99. The molecule has 2 aliphatic heterocycles. The van der Waals surface area contributed by atoms with Crippen molar-refractivity contribution < 1.29 is 9.53 Å². The molecule has 1 fully saturated rings. The van der Waals surface area contributed by atoms with Gasteiger partial charge in [0.05, 0.1) is 0 Å². The summed E-state index contributed by atoms with van der Waals surface area (Å²) in [6.45, 7) is 5.46. The average molecular weight is 330 g/mol. The van der Waals surface area contributed by atoms with Crippen molar-refractivity contribution >= 4 is 52.2 Å². The molecule has 2 rings (SSSR count). The van der Waals surface area contributed by atoms with Gasteiger partial charge in [-0.2, -0.15) is 0 Å². The second kappa shape index (κ2) is 4.39. The fourth-order valence-electron chi connectivity index (χ4n) is 2.45. The number of halogens is 4. The molecule has 0 aromatic rings. The van der Waals surface area contributed by atoms with Crippen LogP contribution in [0.2, 0.25) is 0 Å². The number of alkyl halides is 4. The van der Waals surface area contributed by atoms with E-state index >= 15 is 0 Å². The third-order valence-electron chi connectivity index (χ3n) is 3.52. The Hall–Kier alpha value is 0.270. The highest BCUT2D eigenvalue weighted by Crippen LogP contribution is 2.58. The Bertz CT molecular complexity index is 441. The molecular weight excluding hydrogens is 318 g/mol. The van der Waals surface area contributed by atoms with E-state index in [0.29, 0.717) is 12.8 Å². The lowest BCUT2D eigenvalue weighted by Crippen LogP contribution is -2.64. The molecule has 0 spiro atoms. The summed E-state index contributed by atoms with van der Waals surface area (Å²) in [7, 11) is 0. The minimum absolute atomic E-state index is 0.456. The van der Waals surface area contributed by atoms with Gasteiger partial charge in [-0.1, -0.05) is 58.6 Å². The minimum atomic E-state index is -1.80. The fourth-order valence-corrected chi connectivity index (χ4v) is 4.01. The van der Waals surface area contributed by atoms with Gasteiger partial charge in [0, 0.05) is 0 Å². The van der Waals surface area contributed by atoms with Crippen LogP contribution in [0.5, 0.6) is 0 Å². The smallest absolute Gasteiger partial charge is 0.211 e. The van der Waals surface area contributed by atoms with E-state index in [-0.39, 0.29) is 0 Å². The molecule has 0 aromatic heterocycles. The van der Waals surface area contributed by atoms with Gasteiger partial charge in [0.1, 0.15) is 11.7 Å². The lowest BCUT2D eigenvalue weighted by Gasteiger charge is -2.47.